The molecule has 28 heavy (non-hydrogen) atoms. The Labute approximate surface area is 160 Å². The van der Waals surface area contributed by atoms with Crippen LogP contribution in [0, 0.1) is 5.82 Å². The van der Waals surface area contributed by atoms with Crippen LogP contribution in [0.5, 0.6) is 0 Å². The first-order valence-corrected chi connectivity index (χ1v) is 8.37. The van der Waals surface area contributed by atoms with Crippen molar-refractivity contribution in [3.63, 3.8) is 0 Å². The lowest BCUT2D eigenvalue weighted by atomic mass is 10.1. The zero-order chi connectivity index (χ0) is 20.1. The van der Waals surface area contributed by atoms with Crippen molar-refractivity contribution in [3.05, 3.63) is 89.5 Å². The van der Waals surface area contributed by atoms with Gasteiger partial charge < -0.3 is 10.6 Å². The molecule has 2 aromatic carbocycles. The third kappa shape index (κ3) is 4.64. The maximum absolute atomic E-state index is 12.9. The van der Waals surface area contributed by atoms with Gasteiger partial charge in [0.2, 0.25) is 0 Å². The van der Waals surface area contributed by atoms with Gasteiger partial charge in [0, 0.05) is 29.3 Å². The molecule has 2 amide bonds. The molecule has 7 heteroatoms. The first-order valence-electron chi connectivity index (χ1n) is 8.37. The second-order valence-corrected chi connectivity index (χ2v) is 6.01. The number of nitrogens with one attached hydrogen (secondary N) is 2. The van der Waals surface area contributed by atoms with Gasteiger partial charge in [-0.2, -0.15) is 0 Å². The van der Waals surface area contributed by atoms with Crippen LogP contribution in [-0.2, 0) is 0 Å². The molecule has 0 aliphatic rings. The maximum Gasteiger partial charge on any atom is 0.257 e. The molecule has 0 fully saturated rings. The Bertz CT molecular complexity index is 1030. The summed E-state index contributed by atoms with van der Waals surface area (Å²) in [6.07, 6.45) is 2.67. The van der Waals surface area contributed by atoms with Crippen molar-refractivity contribution in [2.24, 2.45) is 0 Å². The van der Waals surface area contributed by atoms with E-state index in [1.54, 1.807) is 24.3 Å². The number of aromatic nitrogens is 1. The standard InChI is InChI=1S/C21H16FN3O3/c1-13(26)14-2-6-18(7-3-14)24-20(27)15-10-16(12-23-11-15)21(28)25-19-8-4-17(22)5-9-19/h2-12H,1H3,(H,24,27)(H,25,28). The monoisotopic (exact) mass is 377 g/mol. The number of carbonyl (C=O) groups is 3. The molecule has 0 aliphatic carbocycles. The predicted molar refractivity (Wildman–Crippen MR) is 103 cm³/mol. The topological polar surface area (TPSA) is 88.2 Å². The lowest BCUT2D eigenvalue weighted by molar-refractivity contribution is 0.101. The van der Waals surface area contributed by atoms with Crippen LogP contribution in [0.2, 0.25) is 0 Å². The highest BCUT2D eigenvalue weighted by molar-refractivity contribution is 6.08. The van der Waals surface area contributed by atoms with E-state index in [0.717, 1.165) is 0 Å². The van der Waals surface area contributed by atoms with Crippen molar-refractivity contribution in [1.82, 2.24) is 4.98 Å². The minimum atomic E-state index is -0.473. The number of nitrogens with zero attached hydrogens (tertiary/aromatic N) is 1. The fraction of sp³-hybridized carbons (Fsp3) is 0.0476. The van der Waals surface area contributed by atoms with E-state index in [0.29, 0.717) is 16.9 Å². The van der Waals surface area contributed by atoms with E-state index in [9.17, 15) is 18.8 Å². The van der Waals surface area contributed by atoms with Gasteiger partial charge in [-0.25, -0.2) is 4.39 Å². The number of pyridine rings is 1. The lowest BCUT2D eigenvalue weighted by Crippen LogP contribution is -2.16. The normalized spacial score (nSPS) is 10.2. The third-order valence-electron chi connectivity index (χ3n) is 3.91. The summed E-state index contributed by atoms with van der Waals surface area (Å²) in [5, 5.41) is 5.29. The van der Waals surface area contributed by atoms with Crippen molar-refractivity contribution in [3.8, 4) is 0 Å². The Morgan fingerprint density at radius 1 is 0.750 bits per heavy atom. The van der Waals surface area contributed by atoms with Crippen molar-refractivity contribution in [2.45, 2.75) is 6.92 Å². The van der Waals surface area contributed by atoms with Gasteiger partial charge in [0.15, 0.2) is 5.78 Å². The molecule has 0 atom stereocenters. The summed E-state index contributed by atoms with van der Waals surface area (Å²) in [4.78, 5) is 40.0. The molecule has 0 bridgehead atoms. The second-order valence-electron chi connectivity index (χ2n) is 6.01. The number of benzene rings is 2. The number of rotatable bonds is 5. The maximum atomic E-state index is 12.9. The van der Waals surface area contributed by atoms with E-state index >= 15 is 0 Å². The molecule has 1 aromatic heterocycles. The van der Waals surface area contributed by atoms with Crippen molar-refractivity contribution in [2.75, 3.05) is 10.6 Å². The van der Waals surface area contributed by atoms with Gasteiger partial charge in [0.1, 0.15) is 5.82 Å². The lowest BCUT2D eigenvalue weighted by Gasteiger charge is -2.08. The first kappa shape index (κ1) is 18.9. The van der Waals surface area contributed by atoms with Gasteiger partial charge in [-0.1, -0.05) is 0 Å². The molecule has 140 valence electrons. The van der Waals surface area contributed by atoms with Crippen molar-refractivity contribution >= 4 is 29.0 Å². The molecule has 0 unspecified atom stereocenters. The van der Waals surface area contributed by atoms with E-state index in [1.807, 2.05) is 0 Å². The highest BCUT2D eigenvalue weighted by Crippen LogP contribution is 2.14. The van der Waals surface area contributed by atoms with Crippen LogP contribution < -0.4 is 10.6 Å². The molecule has 2 N–H and O–H groups in total. The van der Waals surface area contributed by atoms with Crippen LogP contribution in [0.4, 0.5) is 15.8 Å². The summed E-state index contributed by atoms with van der Waals surface area (Å²) >= 11 is 0. The summed E-state index contributed by atoms with van der Waals surface area (Å²) in [7, 11) is 0. The van der Waals surface area contributed by atoms with Crippen LogP contribution in [0.1, 0.15) is 38.0 Å². The van der Waals surface area contributed by atoms with Gasteiger partial charge >= 0.3 is 0 Å². The molecule has 0 aliphatic heterocycles. The smallest absolute Gasteiger partial charge is 0.257 e. The zero-order valence-corrected chi connectivity index (χ0v) is 14.9. The van der Waals surface area contributed by atoms with E-state index in [4.69, 9.17) is 0 Å². The highest BCUT2D eigenvalue weighted by atomic mass is 19.1. The Morgan fingerprint density at radius 2 is 1.21 bits per heavy atom. The molecule has 0 radical (unpaired) electrons. The minimum Gasteiger partial charge on any atom is -0.322 e. The number of anilines is 2. The molecule has 3 rings (SSSR count). The molecule has 3 aromatic rings. The third-order valence-corrected chi connectivity index (χ3v) is 3.91. The Morgan fingerprint density at radius 3 is 1.68 bits per heavy atom. The van der Waals surface area contributed by atoms with Crippen LogP contribution in [0.3, 0.4) is 0 Å². The van der Waals surface area contributed by atoms with Gasteiger partial charge in [-0.15, -0.1) is 0 Å². The Hall–Kier alpha value is -3.87. The summed E-state index contributed by atoms with van der Waals surface area (Å²) in [6.45, 7) is 1.46. The molecule has 0 saturated carbocycles. The number of hydrogen-bond acceptors (Lipinski definition) is 4. The molecule has 1 heterocycles. The number of carbonyl (C=O) groups excluding carboxylic acids is 3. The first-order chi connectivity index (χ1) is 13.4. The zero-order valence-electron chi connectivity index (χ0n) is 14.9. The van der Waals surface area contributed by atoms with Gasteiger partial charge in [0.25, 0.3) is 11.8 Å². The van der Waals surface area contributed by atoms with Crippen LogP contribution in [-0.4, -0.2) is 22.6 Å². The summed E-state index contributed by atoms with van der Waals surface area (Å²) < 4.78 is 12.9. The fourth-order valence-corrected chi connectivity index (χ4v) is 2.42. The quantitative estimate of drug-likeness (QED) is 0.660. The van der Waals surface area contributed by atoms with Crippen molar-refractivity contribution < 1.29 is 18.8 Å². The van der Waals surface area contributed by atoms with Gasteiger partial charge in [0.05, 0.1) is 11.1 Å². The van der Waals surface area contributed by atoms with Crippen LogP contribution >= 0.6 is 0 Å². The number of hydrogen-bond donors (Lipinski definition) is 2. The summed E-state index contributed by atoms with van der Waals surface area (Å²) in [5.41, 5.74) is 1.86. The highest BCUT2D eigenvalue weighted by Gasteiger charge is 2.12. The Kier molecular flexibility index (Phi) is 5.55. The average molecular weight is 377 g/mol. The number of Topliss-reactive ketones (excluding diaryl/α,β-unsaturated/α-hetero) is 1. The van der Waals surface area contributed by atoms with Crippen LogP contribution in [0.25, 0.3) is 0 Å². The molecule has 6 nitrogen and oxygen atoms in total. The predicted octanol–water partition coefficient (Wildman–Crippen LogP) is 3.93. The van der Waals surface area contributed by atoms with E-state index in [1.165, 1.54) is 49.6 Å². The van der Waals surface area contributed by atoms with E-state index < -0.39 is 17.6 Å². The Balaban J connectivity index is 1.71. The van der Waals surface area contributed by atoms with Crippen LogP contribution in [0.15, 0.2) is 67.0 Å². The van der Waals surface area contributed by atoms with E-state index in [2.05, 4.69) is 15.6 Å². The molecule has 0 saturated heterocycles. The number of ketones is 1. The molecular formula is C21H16FN3O3. The summed E-state index contributed by atoms with van der Waals surface area (Å²) in [6, 6.07) is 13.2. The van der Waals surface area contributed by atoms with E-state index in [-0.39, 0.29) is 16.9 Å². The minimum absolute atomic E-state index is 0.0676. The van der Waals surface area contributed by atoms with Gasteiger partial charge in [-0.05, 0) is 61.5 Å². The average Bonchev–Trinajstić information content (AvgIpc) is 2.70. The van der Waals surface area contributed by atoms with Gasteiger partial charge in [-0.3, -0.25) is 19.4 Å². The van der Waals surface area contributed by atoms with Crippen molar-refractivity contribution in [1.29, 1.82) is 0 Å². The molecule has 0 spiro atoms. The number of amides is 2. The number of halogens is 1. The molecular weight excluding hydrogens is 361 g/mol. The summed E-state index contributed by atoms with van der Waals surface area (Å²) in [5.74, 6) is -1.39. The largest absolute Gasteiger partial charge is 0.322 e. The SMILES string of the molecule is CC(=O)c1ccc(NC(=O)c2cncc(C(=O)Nc3ccc(F)cc3)c2)cc1. The second kappa shape index (κ2) is 8.22. The fourth-order valence-electron chi connectivity index (χ4n) is 2.42.